The fourth-order valence-corrected chi connectivity index (χ4v) is 5.13. The lowest BCUT2D eigenvalue weighted by Crippen LogP contribution is -2.46. The van der Waals surface area contributed by atoms with Crippen LogP contribution in [0.4, 0.5) is 0 Å². The number of amides is 1. The number of fused-ring (bicyclic) bond motifs is 2. The number of carbonyl (C=O) groups excluding carboxylic acids is 1. The normalized spacial score (nSPS) is 24.2. The van der Waals surface area contributed by atoms with Crippen molar-refractivity contribution in [3.8, 4) is 0 Å². The van der Waals surface area contributed by atoms with E-state index in [-0.39, 0.29) is 5.91 Å². The minimum atomic E-state index is 0.216. The van der Waals surface area contributed by atoms with Crippen molar-refractivity contribution in [1.29, 1.82) is 0 Å². The Morgan fingerprint density at radius 2 is 2.17 bits per heavy atom. The molecule has 1 aromatic carbocycles. The van der Waals surface area contributed by atoms with Crippen LogP contribution in [0.2, 0.25) is 0 Å². The molecule has 4 rings (SSSR count). The standard InChI is InChI=1S/C19H25N3OS/c23-18(20-14-11-13-22-12-4-3-7-16(14)22)9-5-10-19-21-15-6-1-2-8-17(15)24-19/h1-2,6,8,14,16H,3-5,7,9-13H2,(H,20,23)/t14-,16-/m1/s1. The van der Waals surface area contributed by atoms with Crippen LogP contribution in [0.5, 0.6) is 0 Å². The van der Waals surface area contributed by atoms with E-state index < -0.39 is 0 Å². The summed E-state index contributed by atoms with van der Waals surface area (Å²) in [6, 6.07) is 9.20. The molecule has 0 aliphatic carbocycles. The minimum Gasteiger partial charge on any atom is -0.352 e. The molecule has 2 saturated heterocycles. The summed E-state index contributed by atoms with van der Waals surface area (Å²) in [5, 5.41) is 4.44. The summed E-state index contributed by atoms with van der Waals surface area (Å²) in [6.45, 7) is 2.37. The van der Waals surface area contributed by atoms with Crippen molar-refractivity contribution in [3.63, 3.8) is 0 Å². The van der Waals surface area contributed by atoms with Gasteiger partial charge in [0.05, 0.1) is 15.2 Å². The van der Waals surface area contributed by atoms with Crippen molar-refractivity contribution in [2.75, 3.05) is 13.1 Å². The van der Waals surface area contributed by atoms with E-state index in [0.29, 0.717) is 18.5 Å². The molecule has 1 N–H and O–H groups in total. The molecule has 24 heavy (non-hydrogen) atoms. The van der Waals surface area contributed by atoms with E-state index in [0.717, 1.165) is 36.3 Å². The first-order chi connectivity index (χ1) is 11.8. The molecular weight excluding hydrogens is 318 g/mol. The number of nitrogens with one attached hydrogen (secondary N) is 1. The van der Waals surface area contributed by atoms with Gasteiger partial charge in [0.2, 0.25) is 5.91 Å². The van der Waals surface area contributed by atoms with Gasteiger partial charge in [-0.25, -0.2) is 4.98 Å². The second-order valence-corrected chi connectivity index (χ2v) is 8.11. The summed E-state index contributed by atoms with van der Waals surface area (Å²) in [5.74, 6) is 0.216. The maximum absolute atomic E-state index is 12.3. The molecule has 0 saturated carbocycles. The van der Waals surface area contributed by atoms with Crippen LogP contribution in [0.3, 0.4) is 0 Å². The van der Waals surface area contributed by atoms with E-state index in [9.17, 15) is 4.79 Å². The molecule has 1 amide bonds. The number of aromatic nitrogens is 1. The average molecular weight is 343 g/mol. The maximum Gasteiger partial charge on any atom is 0.220 e. The number of carbonyl (C=O) groups is 1. The summed E-state index contributed by atoms with van der Waals surface area (Å²) < 4.78 is 1.24. The number of para-hydroxylation sites is 1. The smallest absolute Gasteiger partial charge is 0.220 e. The largest absolute Gasteiger partial charge is 0.352 e. The van der Waals surface area contributed by atoms with E-state index in [4.69, 9.17) is 0 Å². The highest BCUT2D eigenvalue weighted by molar-refractivity contribution is 7.18. The molecule has 0 spiro atoms. The van der Waals surface area contributed by atoms with Gasteiger partial charge in [-0.3, -0.25) is 9.69 Å². The predicted molar refractivity (Wildman–Crippen MR) is 98.3 cm³/mol. The summed E-state index contributed by atoms with van der Waals surface area (Å²) in [6.07, 6.45) is 7.38. The highest BCUT2D eigenvalue weighted by Crippen LogP contribution is 2.27. The number of thiazole rings is 1. The van der Waals surface area contributed by atoms with Gasteiger partial charge in [0.15, 0.2) is 0 Å². The second-order valence-electron chi connectivity index (χ2n) is 6.99. The number of hydrogen-bond donors (Lipinski definition) is 1. The fraction of sp³-hybridized carbons (Fsp3) is 0.579. The van der Waals surface area contributed by atoms with Crippen LogP contribution >= 0.6 is 11.3 Å². The van der Waals surface area contributed by atoms with E-state index in [1.54, 1.807) is 11.3 Å². The van der Waals surface area contributed by atoms with Crippen LogP contribution < -0.4 is 5.32 Å². The lowest BCUT2D eigenvalue weighted by molar-refractivity contribution is -0.122. The zero-order valence-corrected chi connectivity index (χ0v) is 14.9. The monoisotopic (exact) mass is 343 g/mol. The van der Waals surface area contributed by atoms with Crippen LogP contribution in [-0.2, 0) is 11.2 Å². The Hall–Kier alpha value is -1.46. The molecule has 0 unspecified atom stereocenters. The Bertz CT molecular complexity index is 680. The molecule has 3 heterocycles. The Balaban J connectivity index is 1.24. The summed E-state index contributed by atoms with van der Waals surface area (Å²) in [4.78, 5) is 19.5. The minimum absolute atomic E-state index is 0.216. The zero-order chi connectivity index (χ0) is 16.4. The topological polar surface area (TPSA) is 45.2 Å². The van der Waals surface area contributed by atoms with Gasteiger partial charge in [-0.05, 0) is 50.8 Å². The quantitative estimate of drug-likeness (QED) is 0.905. The summed E-state index contributed by atoms with van der Waals surface area (Å²) in [5.41, 5.74) is 1.07. The molecule has 1 aromatic heterocycles. The number of benzene rings is 1. The first kappa shape index (κ1) is 16.0. The van der Waals surface area contributed by atoms with Gasteiger partial charge in [-0.1, -0.05) is 18.6 Å². The molecular formula is C19H25N3OS. The zero-order valence-electron chi connectivity index (χ0n) is 14.0. The predicted octanol–water partition coefficient (Wildman–Crippen LogP) is 3.36. The molecule has 4 nitrogen and oxygen atoms in total. The van der Waals surface area contributed by atoms with Gasteiger partial charge >= 0.3 is 0 Å². The average Bonchev–Trinajstić information content (AvgIpc) is 3.19. The Labute approximate surface area is 147 Å². The lowest BCUT2D eigenvalue weighted by atomic mass is 9.99. The third kappa shape index (κ3) is 3.47. The van der Waals surface area contributed by atoms with Crippen molar-refractivity contribution in [2.45, 2.75) is 57.0 Å². The lowest BCUT2D eigenvalue weighted by Gasteiger charge is -2.32. The van der Waals surface area contributed by atoms with E-state index >= 15 is 0 Å². The van der Waals surface area contributed by atoms with Gasteiger partial charge in [-0.15, -0.1) is 11.3 Å². The van der Waals surface area contributed by atoms with E-state index in [1.165, 1.54) is 30.5 Å². The van der Waals surface area contributed by atoms with E-state index in [1.807, 2.05) is 12.1 Å². The number of aryl methyl sites for hydroxylation is 1. The van der Waals surface area contributed by atoms with Gasteiger partial charge in [0.1, 0.15) is 0 Å². The molecule has 2 aromatic rings. The van der Waals surface area contributed by atoms with Gasteiger partial charge in [0, 0.05) is 25.0 Å². The number of hydrogen-bond acceptors (Lipinski definition) is 4. The Morgan fingerprint density at radius 3 is 3.08 bits per heavy atom. The van der Waals surface area contributed by atoms with E-state index in [2.05, 4.69) is 27.3 Å². The fourth-order valence-electron chi connectivity index (χ4n) is 4.12. The highest BCUT2D eigenvalue weighted by atomic mass is 32.1. The van der Waals surface area contributed by atoms with Gasteiger partial charge < -0.3 is 5.32 Å². The number of piperidine rings is 1. The maximum atomic E-state index is 12.3. The van der Waals surface area contributed by atoms with Crippen LogP contribution in [0, 0.1) is 0 Å². The number of rotatable bonds is 5. The van der Waals surface area contributed by atoms with Crippen molar-refractivity contribution in [1.82, 2.24) is 15.2 Å². The number of nitrogens with zero attached hydrogens (tertiary/aromatic N) is 2. The van der Waals surface area contributed by atoms with Crippen LogP contribution in [0.25, 0.3) is 10.2 Å². The van der Waals surface area contributed by atoms with Gasteiger partial charge in [0.25, 0.3) is 0 Å². The summed E-state index contributed by atoms with van der Waals surface area (Å²) in [7, 11) is 0. The molecule has 128 valence electrons. The molecule has 0 radical (unpaired) electrons. The van der Waals surface area contributed by atoms with Crippen molar-refractivity contribution in [2.24, 2.45) is 0 Å². The third-order valence-corrected chi connectivity index (χ3v) is 6.43. The summed E-state index contributed by atoms with van der Waals surface area (Å²) >= 11 is 1.75. The van der Waals surface area contributed by atoms with Crippen molar-refractivity contribution in [3.05, 3.63) is 29.3 Å². The SMILES string of the molecule is O=C(CCCc1nc2ccccc2s1)N[C@@H]1CCN2CCCC[C@H]12. The van der Waals surface area contributed by atoms with Crippen molar-refractivity contribution >= 4 is 27.5 Å². The first-order valence-electron chi connectivity index (χ1n) is 9.17. The molecule has 2 aliphatic rings. The molecule has 5 heteroatoms. The van der Waals surface area contributed by atoms with Crippen molar-refractivity contribution < 1.29 is 4.79 Å². The molecule has 0 bridgehead atoms. The second kappa shape index (κ2) is 7.19. The Morgan fingerprint density at radius 1 is 1.25 bits per heavy atom. The van der Waals surface area contributed by atoms with Gasteiger partial charge in [-0.2, -0.15) is 0 Å². The van der Waals surface area contributed by atoms with Crippen LogP contribution in [0.15, 0.2) is 24.3 Å². The van der Waals surface area contributed by atoms with Crippen LogP contribution in [-0.4, -0.2) is 41.0 Å². The third-order valence-electron chi connectivity index (χ3n) is 5.34. The first-order valence-corrected chi connectivity index (χ1v) is 9.99. The molecule has 2 atom stereocenters. The highest BCUT2D eigenvalue weighted by Gasteiger charge is 2.35. The molecule has 2 aliphatic heterocycles. The molecule has 2 fully saturated rings. The van der Waals surface area contributed by atoms with Crippen LogP contribution in [0.1, 0.15) is 43.5 Å². The Kier molecular flexibility index (Phi) is 4.81.